The third-order valence-corrected chi connectivity index (χ3v) is 6.88. The molecule has 0 saturated carbocycles. The average Bonchev–Trinajstić information content (AvgIpc) is 2.79. The molecule has 2 fully saturated rings. The lowest BCUT2D eigenvalue weighted by Gasteiger charge is -2.41. The Labute approximate surface area is 176 Å². The molecule has 2 aromatic carbocycles. The van der Waals surface area contributed by atoms with Crippen molar-refractivity contribution in [1.29, 1.82) is 0 Å². The fraction of sp³-hybridized carbons (Fsp3) is 0.538. The molecule has 0 atom stereocenters. The second-order valence-corrected chi connectivity index (χ2v) is 9.01. The van der Waals surface area contributed by atoms with Gasteiger partial charge in [-0.2, -0.15) is 0 Å². The third kappa shape index (κ3) is 5.33. The molecular formula is C26H36N2O. The Morgan fingerprint density at radius 1 is 0.828 bits per heavy atom. The molecule has 2 aliphatic heterocycles. The van der Waals surface area contributed by atoms with Gasteiger partial charge in [0.25, 0.3) is 0 Å². The SMILES string of the molecule is CC1(c2ccccc2)CCN(c2ccc(OCCCN3CCCCC3)cc2)CC1. The van der Waals surface area contributed by atoms with Gasteiger partial charge < -0.3 is 14.5 Å². The molecule has 156 valence electrons. The number of nitrogens with zero attached hydrogens (tertiary/aromatic N) is 2. The summed E-state index contributed by atoms with van der Waals surface area (Å²) in [6.07, 6.45) is 7.65. The first kappa shape index (κ1) is 20.3. The van der Waals surface area contributed by atoms with E-state index in [0.29, 0.717) is 5.41 Å². The molecule has 0 aromatic heterocycles. The average molecular weight is 393 g/mol. The van der Waals surface area contributed by atoms with Crippen molar-refractivity contribution >= 4 is 5.69 Å². The van der Waals surface area contributed by atoms with Crippen LogP contribution in [0.1, 0.15) is 51.0 Å². The third-order valence-electron chi connectivity index (χ3n) is 6.88. The number of rotatable bonds is 7. The highest BCUT2D eigenvalue weighted by Gasteiger charge is 2.31. The van der Waals surface area contributed by atoms with Gasteiger partial charge in [0.1, 0.15) is 5.75 Å². The number of hydrogen-bond donors (Lipinski definition) is 0. The summed E-state index contributed by atoms with van der Waals surface area (Å²) in [4.78, 5) is 5.10. The highest BCUT2D eigenvalue weighted by Crippen LogP contribution is 2.36. The molecule has 0 aliphatic carbocycles. The minimum absolute atomic E-state index is 0.301. The topological polar surface area (TPSA) is 15.7 Å². The normalized spacial score (nSPS) is 19.8. The Morgan fingerprint density at radius 3 is 2.21 bits per heavy atom. The van der Waals surface area contributed by atoms with Gasteiger partial charge in [0, 0.05) is 25.3 Å². The zero-order valence-corrected chi connectivity index (χ0v) is 18.0. The van der Waals surface area contributed by atoms with Crippen LogP contribution in [0, 0.1) is 0 Å². The molecule has 0 amide bonds. The summed E-state index contributed by atoms with van der Waals surface area (Å²) in [6.45, 7) is 9.17. The first-order valence-electron chi connectivity index (χ1n) is 11.5. The van der Waals surface area contributed by atoms with Gasteiger partial charge in [-0.25, -0.2) is 0 Å². The Balaban J connectivity index is 1.22. The Hall–Kier alpha value is -2.00. The molecule has 0 unspecified atom stereocenters. The van der Waals surface area contributed by atoms with Gasteiger partial charge in [0.15, 0.2) is 0 Å². The Bertz CT molecular complexity index is 729. The predicted octanol–water partition coefficient (Wildman–Crippen LogP) is 5.50. The van der Waals surface area contributed by atoms with E-state index >= 15 is 0 Å². The van der Waals surface area contributed by atoms with Crippen LogP contribution in [0.4, 0.5) is 5.69 Å². The molecule has 29 heavy (non-hydrogen) atoms. The fourth-order valence-corrected chi connectivity index (χ4v) is 4.80. The Kier molecular flexibility index (Phi) is 6.76. The summed E-state index contributed by atoms with van der Waals surface area (Å²) in [5.74, 6) is 0.999. The summed E-state index contributed by atoms with van der Waals surface area (Å²) in [5, 5.41) is 0. The van der Waals surface area contributed by atoms with Gasteiger partial charge in [-0.05, 0) is 80.4 Å². The number of anilines is 1. The van der Waals surface area contributed by atoms with Gasteiger partial charge in [0.05, 0.1) is 6.61 Å². The van der Waals surface area contributed by atoms with Crippen LogP contribution in [-0.4, -0.2) is 44.2 Å². The van der Waals surface area contributed by atoms with Crippen molar-refractivity contribution < 1.29 is 4.74 Å². The summed E-state index contributed by atoms with van der Waals surface area (Å²) in [7, 11) is 0. The van der Waals surface area contributed by atoms with E-state index in [9.17, 15) is 0 Å². The lowest BCUT2D eigenvalue weighted by Crippen LogP contribution is -2.41. The lowest BCUT2D eigenvalue weighted by molar-refractivity contribution is 0.205. The molecule has 3 heteroatoms. The summed E-state index contributed by atoms with van der Waals surface area (Å²) in [5.41, 5.74) is 3.10. The van der Waals surface area contributed by atoms with Gasteiger partial charge >= 0.3 is 0 Å². The summed E-state index contributed by atoms with van der Waals surface area (Å²) in [6, 6.07) is 19.7. The van der Waals surface area contributed by atoms with Crippen molar-refractivity contribution in [2.24, 2.45) is 0 Å². The molecule has 2 saturated heterocycles. The lowest BCUT2D eigenvalue weighted by atomic mass is 9.74. The predicted molar refractivity (Wildman–Crippen MR) is 122 cm³/mol. The number of likely N-dealkylation sites (tertiary alicyclic amines) is 1. The van der Waals surface area contributed by atoms with Crippen LogP contribution in [0.2, 0.25) is 0 Å². The van der Waals surface area contributed by atoms with Crippen molar-refractivity contribution in [3.63, 3.8) is 0 Å². The number of piperidine rings is 2. The second-order valence-electron chi connectivity index (χ2n) is 9.01. The molecule has 4 rings (SSSR count). The van der Waals surface area contributed by atoms with E-state index < -0.39 is 0 Å². The van der Waals surface area contributed by atoms with Gasteiger partial charge in [-0.15, -0.1) is 0 Å². The summed E-state index contributed by atoms with van der Waals surface area (Å²) >= 11 is 0. The zero-order chi connectivity index (χ0) is 19.9. The van der Waals surface area contributed by atoms with Crippen molar-refractivity contribution in [1.82, 2.24) is 4.90 Å². The van der Waals surface area contributed by atoms with Gasteiger partial charge in [0.2, 0.25) is 0 Å². The van der Waals surface area contributed by atoms with E-state index in [2.05, 4.69) is 71.3 Å². The van der Waals surface area contributed by atoms with E-state index in [1.165, 1.54) is 63.0 Å². The highest BCUT2D eigenvalue weighted by atomic mass is 16.5. The van der Waals surface area contributed by atoms with E-state index in [4.69, 9.17) is 4.74 Å². The Morgan fingerprint density at radius 2 is 1.52 bits per heavy atom. The van der Waals surface area contributed by atoms with Crippen LogP contribution >= 0.6 is 0 Å². The van der Waals surface area contributed by atoms with Crippen molar-refractivity contribution in [2.45, 2.75) is 50.9 Å². The molecule has 3 nitrogen and oxygen atoms in total. The van der Waals surface area contributed by atoms with Crippen molar-refractivity contribution in [2.75, 3.05) is 44.2 Å². The number of hydrogen-bond acceptors (Lipinski definition) is 3. The minimum Gasteiger partial charge on any atom is -0.494 e. The van der Waals surface area contributed by atoms with E-state index in [-0.39, 0.29) is 0 Å². The van der Waals surface area contributed by atoms with Crippen LogP contribution in [0.5, 0.6) is 5.75 Å². The quantitative estimate of drug-likeness (QED) is 0.579. The van der Waals surface area contributed by atoms with Crippen LogP contribution in [0.15, 0.2) is 54.6 Å². The number of ether oxygens (including phenoxy) is 1. The van der Waals surface area contributed by atoms with E-state index in [1.807, 2.05) is 0 Å². The van der Waals surface area contributed by atoms with Crippen LogP contribution < -0.4 is 9.64 Å². The molecule has 0 bridgehead atoms. The molecule has 2 heterocycles. The molecule has 0 radical (unpaired) electrons. The largest absolute Gasteiger partial charge is 0.494 e. The first-order valence-corrected chi connectivity index (χ1v) is 11.5. The standard InChI is InChI=1S/C26H36N2O/c1-26(23-9-4-2-5-10-23)15-20-28(21-16-26)24-11-13-25(14-12-24)29-22-8-19-27-17-6-3-7-18-27/h2,4-5,9-14H,3,6-8,15-22H2,1H3. The second kappa shape index (κ2) is 9.67. The van der Waals surface area contributed by atoms with Gasteiger partial charge in [-0.3, -0.25) is 0 Å². The zero-order valence-electron chi connectivity index (χ0n) is 18.0. The highest BCUT2D eigenvalue weighted by molar-refractivity contribution is 5.50. The first-order chi connectivity index (χ1) is 14.2. The van der Waals surface area contributed by atoms with E-state index in [1.54, 1.807) is 0 Å². The minimum atomic E-state index is 0.301. The fourth-order valence-electron chi connectivity index (χ4n) is 4.80. The van der Waals surface area contributed by atoms with Crippen molar-refractivity contribution in [3.05, 3.63) is 60.2 Å². The molecule has 0 N–H and O–H groups in total. The van der Waals surface area contributed by atoms with E-state index in [0.717, 1.165) is 31.9 Å². The maximum Gasteiger partial charge on any atom is 0.119 e. The molecular weight excluding hydrogens is 356 g/mol. The maximum absolute atomic E-state index is 5.99. The molecule has 2 aliphatic rings. The molecule has 0 spiro atoms. The van der Waals surface area contributed by atoms with Crippen LogP contribution in [-0.2, 0) is 5.41 Å². The van der Waals surface area contributed by atoms with Gasteiger partial charge in [-0.1, -0.05) is 43.7 Å². The van der Waals surface area contributed by atoms with Crippen LogP contribution in [0.3, 0.4) is 0 Å². The van der Waals surface area contributed by atoms with Crippen LogP contribution in [0.25, 0.3) is 0 Å². The van der Waals surface area contributed by atoms with Crippen molar-refractivity contribution in [3.8, 4) is 5.75 Å². The smallest absolute Gasteiger partial charge is 0.119 e. The monoisotopic (exact) mass is 392 g/mol. The molecule has 2 aromatic rings. The summed E-state index contributed by atoms with van der Waals surface area (Å²) < 4.78 is 5.99. The number of benzene rings is 2. The maximum atomic E-state index is 5.99.